The number of rotatable bonds is 4. The lowest BCUT2D eigenvalue weighted by atomic mass is 10.0. The average Bonchev–Trinajstić information content (AvgIpc) is 2.68. The van der Waals surface area contributed by atoms with Crippen LogP contribution in [-0.4, -0.2) is 36.8 Å². The zero-order chi connectivity index (χ0) is 21.3. The summed E-state index contributed by atoms with van der Waals surface area (Å²) in [7, 11) is 2.65. The van der Waals surface area contributed by atoms with Gasteiger partial charge < -0.3 is 19.9 Å². The normalized spacial score (nSPS) is 15.0. The van der Waals surface area contributed by atoms with Crippen molar-refractivity contribution in [2.24, 2.45) is 12.8 Å². The topological polar surface area (TPSA) is 81.4 Å². The van der Waals surface area contributed by atoms with E-state index in [0.717, 1.165) is 16.8 Å². The van der Waals surface area contributed by atoms with E-state index < -0.39 is 35.0 Å². The maximum atomic E-state index is 13.6. The first-order chi connectivity index (χ1) is 13.6. The van der Waals surface area contributed by atoms with Crippen LogP contribution in [0.2, 0.25) is 0 Å². The van der Waals surface area contributed by atoms with Crippen molar-refractivity contribution in [3.05, 3.63) is 52.2 Å². The highest BCUT2D eigenvalue weighted by Crippen LogP contribution is 2.32. The van der Waals surface area contributed by atoms with Crippen molar-refractivity contribution in [1.82, 2.24) is 4.57 Å². The van der Waals surface area contributed by atoms with Gasteiger partial charge in [-0.15, -0.1) is 0 Å². The van der Waals surface area contributed by atoms with Crippen molar-refractivity contribution in [1.29, 1.82) is 0 Å². The number of pyridine rings is 2. The third kappa shape index (κ3) is 3.98. The zero-order valence-corrected chi connectivity index (χ0v) is 16.1. The van der Waals surface area contributed by atoms with Crippen molar-refractivity contribution in [2.75, 3.05) is 25.1 Å². The molecule has 2 N–H and O–H groups in total. The number of nitrogens with zero attached hydrogens (tertiary/aromatic N) is 3. The summed E-state index contributed by atoms with van der Waals surface area (Å²) in [5.41, 5.74) is 4.87. The van der Waals surface area contributed by atoms with Crippen LogP contribution >= 0.6 is 0 Å². The predicted octanol–water partition coefficient (Wildman–Crippen LogP) is 0.934. The fraction of sp³-hybridized carbons (Fsp3) is 0.421. The first-order valence-corrected chi connectivity index (χ1v) is 9.04. The van der Waals surface area contributed by atoms with E-state index in [9.17, 15) is 22.8 Å². The SMILES string of the molecule is COC(=O)[C@@H](N)CN1CCCc2c1ccc[n+]2-c1c(C(F)(F)F)ccn(C)c1=O. The van der Waals surface area contributed by atoms with Crippen LogP contribution in [0.3, 0.4) is 0 Å². The fourth-order valence-electron chi connectivity index (χ4n) is 3.56. The summed E-state index contributed by atoms with van der Waals surface area (Å²) in [5, 5.41) is 0. The second kappa shape index (κ2) is 7.86. The predicted molar refractivity (Wildman–Crippen MR) is 98.7 cm³/mol. The molecule has 3 heterocycles. The van der Waals surface area contributed by atoms with E-state index >= 15 is 0 Å². The molecule has 2 aromatic heterocycles. The number of methoxy groups -OCH3 is 1. The summed E-state index contributed by atoms with van der Waals surface area (Å²) < 4.78 is 47.9. The number of nitrogens with two attached hydrogens (primary N) is 1. The van der Waals surface area contributed by atoms with E-state index in [-0.39, 0.29) is 6.54 Å². The van der Waals surface area contributed by atoms with Crippen molar-refractivity contribution < 1.29 is 27.3 Å². The Morgan fingerprint density at radius 2 is 2.10 bits per heavy atom. The summed E-state index contributed by atoms with van der Waals surface area (Å²) in [6.45, 7) is 0.739. The quantitative estimate of drug-likeness (QED) is 0.598. The third-order valence-corrected chi connectivity index (χ3v) is 4.97. The van der Waals surface area contributed by atoms with E-state index in [0.29, 0.717) is 30.8 Å². The van der Waals surface area contributed by atoms with Crippen LogP contribution in [0.1, 0.15) is 17.7 Å². The van der Waals surface area contributed by atoms with E-state index in [1.165, 1.54) is 24.9 Å². The molecule has 2 aromatic rings. The number of esters is 1. The average molecular weight is 411 g/mol. The second-order valence-corrected chi connectivity index (χ2v) is 6.88. The molecule has 0 saturated carbocycles. The van der Waals surface area contributed by atoms with Crippen LogP contribution in [0.5, 0.6) is 0 Å². The minimum absolute atomic E-state index is 0.155. The molecular formula is C19H22F3N4O3+. The van der Waals surface area contributed by atoms with Crippen molar-refractivity contribution >= 4 is 11.7 Å². The van der Waals surface area contributed by atoms with Gasteiger partial charge >= 0.3 is 17.7 Å². The molecular weight excluding hydrogens is 389 g/mol. The lowest BCUT2D eigenvalue weighted by Crippen LogP contribution is -2.50. The molecule has 1 atom stereocenters. The van der Waals surface area contributed by atoms with Gasteiger partial charge in [0, 0.05) is 38.8 Å². The molecule has 10 heteroatoms. The number of alkyl halides is 3. The number of fused-ring (bicyclic) bond motifs is 1. The van der Waals surface area contributed by atoms with Gasteiger partial charge in [0.2, 0.25) is 5.69 Å². The third-order valence-electron chi connectivity index (χ3n) is 4.97. The van der Waals surface area contributed by atoms with E-state index in [1.807, 2.05) is 4.90 Å². The largest absolute Gasteiger partial charge is 0.468 e. The Morgan fingerprint density at radius 1 is 1.38 bits per heavy atom. The van der Waals surface area contributed by atoms with Crippen molar-refractivity contribution in [2.45, 2.75) is 25.1 Å². The lowest BCUT2D eigenvalue weighted by molar-refractivity contribution is -0.606. The maximum Gasteiger partial charge on any atom is 0.423 e. The highest BCUT2D eigenvalue weighted by Gasteiger charge is 2.41. The van der Waals surface area contributed by atoms with Gasteiger partial charge in [0.05, 0.1) is 7.11 Å². The Bertz CT molecular complexity index is 988. The number of aryl methyl sites for hydroxylation is 1. The summed E-state index contributed by atoms with van der Waals surface area (Å²) in [4.78, 5) is 26.2. The number of carbonyl (C=O) groups is 1. The summed E-state index contributed by atoms with van der Waals surface area (Å²) in [6.07, 6.45) is -1.00. The first-order valence-electron chi connectivity index (χ1n) is 9.04. The van der Waals surface area contributed by atoms with E-state index in [1.54, 1.807) is 12.1 Å². The van der Waals surface area contributed by atoms with Crippen LogP contribution in [-0.2, 0) is 29.2 Å². The van der Waals surface area contributed by atoms with Crippen LogP contribution in [0, 0.1) is 0 Å². The maximum absolute atomic E-state index is 13.6. The number of anilines is 1. The minimum atomic E-state index is -4.68. The van der Waals surface area contributed by atoms with E-state index in [4.69, 9.17) is 5.73 Å². The molecule has 3 rings (SSSR count). The minimum Gasteiger partial charge on any atom is -0.468 e. The van der Waals surface area contributed by atoms with Gasteiger partial charge in [-0.2, -0.15) is 17.7 Å². The van der Waals surface area contributed by atoms with Crippen LogP contribution in [0.25, 0.3) is 5.69 Å². The molecule has 0 saturated heterocycles. The van der Waals surface area contributed by atoms with Gasteiger partial charge in [-0.3, -0.25) is 9.59 Å². The molecule has 0 radical (unpaired) electrons. The number of ether oxygens (including phenoxy) is 1. The fourth-order valence-corrected chi connectivity index (χ4v) is 3.56. The van der Waals surface area contributed by atoms with Gasteiger partial charge in [-0.1, -0.05) is 0 Å². The Kier molecular flexibility index (Phi) is 5.65. The monoisotopic (exact) mass is 411 g/mol. The summed E-state index contributed by atoms with van der Waals surface area (Å²) >= 11 is 0. The van der Waals surface area contributed by atoms with Gasteiger partial charge in [-0.05, 0) is 18.6 Å². The summed E-state index contributed by atoms with van der Waals surface area (Å²) in [5.74, 6) is -0.572. The number of hydrogen-bond donors (Lipinski definition) is 1. The Labute approximate surface area is 165 Å². The number of carbonyl (C=O) groups excluding carboxylic acids is 1. The molecule has 0 unspecified atom stereocenters. The highest BCUT2D eigenvalue weighted by atomic mass is 19.4. The first kappa shape index (κ1) is 20.8. The standard InChI is InChI=1S/C19H22F3N4O3/c1-24-10-7-12(19(20,21)22)16(17(24)27)26-9-4-5-14-15(26)6-3-8-25(14)11-13(23)18(28)29-2/h4-5,7,9-10,13H,3,6,8,11,23H2,1-2H3/q+1/t13-/m0/s1. The molecule has 1 aliphatic rings. The molecule has 0 amide bonds. The Hall–Kier alpha value is -2.88. The number of aromatic nitrogens is 2. The van der Waals surface area contributed by atoms with Gasteiger partial charge in [0.15, 0.2) is 6.20 Å². The van der Waals surface area contributed by atoms with Crippen LogP contribution in [0.15, 0.2) is 35.4 Å². The lowest BCUT2D eigenvalue weighted by Gasteiger charge is -2.30. The summed E-state index contributed by atoms with van der Waals surface area (Å²) in [6, 6.07) is 3.33. The van der Waals surface area contributed by atoms with Crippen LogP contribution in [0.4, 0.5) is 18.9 Å². The highest BCUT2D eigenvalue weighted by molar-refractivity contribution is 5.76. The molecule has 7 nitrogen and oxygen atoms in total. The number of hydrogen-bond acceptors (Lipinski definition) is 5. The van der Waals surface area contributed by atoms with Gasteiger partial charge in [-0.25, -0.2) is 0 Å². The molecule has 1 aliphatic heterocycles. The number of halogens is 3. The van der Waals surface area contributed by atoms with Gasteiger partial charge in [0.1, 0.15) is 17.3 Å². The van der Waals surface area contributed by atoms with Gasteiger partial charge in [0.25, 0.3) is 5.69 Å². The molecule has 0 bridgehead atoms. The molecule has 156 valence electrons. The molecule has 0 spiro atoms. The second-order valence-electron chi connectivity index (χ2n) is 6.88. The zero-order valence-electron chi connectivity index (χ0n) is 16.1. The molecule has 0 aliphatic carbocycles. The Balaban J connectivity index is 2.14. The van der Waals surface area contributed by atoms with Crippen molar-refractivity contribution in [3.8, 4) is 5.69 Å². The molecule has 0 fully saturated rings. The Morgan fingerprint density at radius 3 is 2.76 bits per heavy atom. The molecule has 29 heavy (non-hydrogen) atoms. The van der Waals surface area contributed by atoms with Crippen molar-refractivity contribution in [3.63, 3.8) is 0 Å². The van der Waals surface area contributed by atoms with Crippen LogP contribution < -0.4 is 20.8 Å². The van der Waals surface area contributed by atoms with E-state index in [2.05, 4.69) is 4.74 Å². The molecule has 0 aromatic carbocycles. The smallest absolute Gasteiger partial charge is 0.423 e.